The van der Waals surface area contributed by atoms with Crippen LogP contribution in [0.2, 0.25) is 0 Å². The van der Waals surface area contributed by atoms with Crippen molar-refractivity contribution >= 4 is 23.6 Å². The van der Waals surface area contributed by atoms with E-state index >= 15 is 0 Å². The third-order valence-corrected chi connectivity index (χ3v) is 7.66. The molecule has 2 N–H and O–H groups in total. The fourth-order valence-electron chi connectivity index (χ4n) is 4.62. The number of aryl methyl sites for hydroxylation is 1. The van der Waals surface area contributed by atoms with Gasteiger partial charge >= 0.3 is 24.8 Å². The fraction of sp³-hybridized carbons (Fsp3) is 0.294. The molecule has 0 aliphatic rings. The fourth-order valence-corrected chi connectivity index (χ4v) is 5.09. The van der Waals surface area contributed by atoms with Crippen molar-refractivity contribution in [2.24, 2.45) is 0 Å². The van der Waals surface area contributed by atoms with Crippen molar-refractivity contribution in [2.75, 3.05) is 12.0 Å². The molecule has 42 heavy (non-hydrogen) atoms. The monoisotopic (exact) mass is 579 g/mol. The number of carbonyl (C=O) groups is 2. The molecule has 0 unspecified atom stereocenters. The molecule has 6 nitrogen and oxygen atoms in total. The van der Waals surface area contributed by atoms with E-state index in [1.807, 2.05) is 61.7 Å². The molecule has 3 aromatic carbocycles. The first-order chi connectivity index (χ1) is 19.8. The minimum atomic E-state index is -1.04. The molecule has 0 spiro atoms. The Balaban J connectivity index is 0.00000323. The summed E-state index contributed by atoms with van der Waals surface area (Å²) in [7, 11) is 0. The van der Waals surface area contributed by atoms with Crippen LogP contribution >= 0.6 is 11.8 Å². The van der Waals surface area contributed by atoms with E-state index in [9.17, 15) is 14.7 Å². The Labute approximate surface area is 265 Å². The molecule has 8 heteroatoms. The number of carboxylic acid groups (broad SMARTS) is 1. The number of benzene rings is 3. The van der Waals surface area contributed by atoms with E-state index in [0.29, 0.717) is 36.9 Å². The second-order valence-corrected chi connectivity index (χ2v) is 11.4. The van der Waals surface area contributed by atoms with Crippen LogP contribution in [0.5, 0.6) is 0 Å². The van der Waals surface area contributed by atoms with Crippen molar-refractivity contribution in [2.45, 2.75) is 52.4 Å². The molecule has 216 valence electrons. The number of nitrogens with one attached hydrogen (secondary N) is 1. The van der Waals surface area contributed by atoms with E-state index in [1.165, 1.54) is 5.56 Å². The Bertz CT molecular complexity index is 1490. The maximum atomic E-state index is 13.3. The largest absolute Gasteiger partial charge is 1.00 e. The molecule has 0 aliphatic heterocycles. The average molecular weight is 580 g/mol. The number of thioether (sulfide) groups is 1. The molecular weight excluding hydrogens is 541 g/mol. The van der Waals surface area contributed by atoms with Gasteiger partial charge < -0.3 is 21.0 Å². The quantitative estimate of drug-likeness (QED) is 0.221. The molecule has 1 atom stereocenters. The number of carbonyl (C=O) groups excluding carboxylic acids is 1. The minimum absolute atomic E-state index is 0. The number of rotatable bonds is 13. The van der Waals surface area contributed by atoms with E-state index < -0.39 is 17.9 Å². The van der Waals surface area contributed by atoms with Gasteiger partial charge in [0.2, 0.25) is 0 Å². The number of hydrogen-bond donors (Lipinski definition) is 2. The van der Waals surface area contributed by atoms with Gasteiger partial charge in [-0.25, -0.2) is 4.79 Å². The van der Waals surface area contributed by atoms with Gasteiger partial charge in [0.25, 0.3) is 5.91 Å². The Morgan fingerprint density at radius 1 is 0.976 bits per heavy atom. The van der Waals surface area contributed by atoms with Crippen LogP contribution < -0.4 is 24.2 Å². The molecule has 4 aromatic rings. The summed E-state index contributed by atoms with van der Waals surface area (Å²) in [4.78, 5) is 25.0. The molecule has 0 saturated heterocycles. The van der Waals surface area contributed by atoms with Crippen LogP contribution in [0.25, 0.3) is 22.5 Å². The summed E-state index contributed by atoms with van der Waals surface area (Å²) in [6.45, 7) is 6.97. The number of ether oxygens (including phenoxy) is 1. The SMILES string of the molecule is CSCC[C@H](NC(=O)c1ccc(COCc2ccc(-c3ccc(C(C)C)cc3)o2)cc1-c1ccccc1C)C(=O)O.[H-].[Li+]. The normalized spacial score (nSPS) is 11.6. The van der Waals surface area contributed by atoms with E-state index in [0.717, 1.165) is 39.3 Å². The molecule has 1 aromatic heterocycles. The van der Waals surface area contributed by atoms with Gasteiger partial charge in [-0.3, -0.25) is 4.79 Å². The number of aliphatic carboxylic acids is 1. The van der Waals surface area contributed by atoms with E-state index in [2.05, 4.69) is 43.4 Å². The summed E-state index contributed by atoms with van der Waals surface area (Å²) in [5, 5.41) is 12.3. The molecule has 0 bridgehead atoms. The third kappa shape index (κ3) is 8.65. The Hall–Kier alpha value is -3.21. The topological polar surface area (TPSA) is 88.8 Å². The molecule has 0 fully saturated rings. The number of hydrogen-bond acceptors (Lipinski definition) is 5. The van der Waals surface area contributed by atoms with Crippen molar-refractivity contribution in [3.05, 3.63) is 107 Å². The summed E-state index contributed by atoms with van der Waals surface area (Å²) < 4.78 is 12.0. The molecule has 0 saturated carbocycles. The average Bonchev–Trinajstić information content (AvgIpc) is 3.44. The maximum Gasteiger partial charge on any atom is 1.00 e. The molecular formula is C34H38LiNO5S. The van der Waals surface area contributed by atoms with Crippen molar-refractivity contribution < 1.29 is 44.1 Å². The maximum absolute atomic E-state index is 13.3. The van der Waals surface area contributed by atoms with Crippen LogP contribution in [0.1, 0.15) is 60.4 Å². The van der Waals surface area contributed by atoms with Crippen molar-refractivity contribution in [1.29, 1.82) is 0 Å². The predicted molar refractivity (Wildman–Crippen MR) is 166 cm³/mol. The minimum Gasteiger partial charge on any atom is -1.00 e. The zero-order valence-corrected chi connectivity index (χ0v) is 25.8. The number of amides is 1. The number of furan rings is 1. The van der Waals surface area contributed by atoms with Crippen molar-refractivity contribution in [1.82, 2.24) is 5.32 Å². The van der Waals surface area contributed by atoms with Crippen molar-refractivity contribution in [3.63, 3.8) is 0 Å². The zero-order chi connectivity index (χ0) is 29.4. The summed E-state index contributed by atoms with van der Waals surface area (Å²) >= 11 is 1.55. The first kappa shape index (κ1) is 33.3. The Morgan fingerprint density at radius 3 is 2.38 bits per heavy atom. The molecule has 0 aliphatic carbocycles. The first-order valence-electron chi connectivity index (χ1n) is 13.7. The van der Waals surface area contributed by atoms with Crippen molar-refractivity contribution in [3.8, 4) is 22.5 Å². The van der Waals surface area contributed by atoms with Gasteiger partial charge in [-0.05, 0) is 83.4 Å². The number of carboxylic acids is 1. The van der Waals surface area contributed by atoms with Gasteiger partial charge in [0.05, 0.1) is 6.61 Å². The summed E-state index contributed by atoms with van der Waals surface area (Å²) in [6, 6.07) is 24.7. The van der Waals surface area contributed by atoms with Crippen LogP contribution in [0.3, 0.4) is 0 Å². The van der Waals surface area contributed by atoms with E-state index in [1.54, 1.807) is 17.8 Å². The Kier molecular flexibility index (Phi) is 12.6. The van der Waals surface area contributed by atoms with E-state index in [-0.39, 0.29) is 20.3 Å². The van der Waals surface area contributed by atoms with Gasteiger partial charge in [0.15, 0.2) is 0 Å². The first-order valence-corrected chi connectivity index (χ1v) is 15.1. The zero-order valence-electron chi connectivity index (χ0n) is 26.0. The third-order valence-electron chi connectivity index (χ3n) is 7.01. The van der Waals surface area contributed by atoms with E-state index in [4.69, 9.17) is 9.15 Å². The predicted octanol–water partition coefficient (Wildman–Crippen LogP) is 4.81. The smallest absolute Gasteiger partial charge is 1.00 e. The second-order valence-electron chi connectivity index (χ2n) is 10.4. The molecule has 1 heterocycles. The summed E-state index contributed by atoms with van der Waals surface area (Å²) in [5.41, 5.74) is 6.30. The van der Waals surface area contributed by atoms with Gasteiger partial charge in [-0.1, -0.05) is 68.4 Å². The Morgan fingerprint density at radius 2 is 1.71 bits per heavy atom. The second kappa shape index (κ2) is 15.9. The summed E-state index contributed by atoms with van der Waals surface area (Å²) in [6.07, 6.45) is 2.26. The van der Waals surface area contributed by atoms with Crippen LogP contribution in [-0.4, -0.2) is 35.0 Å². The van der Waals surface area contributed by atoms with Crippen LogP contribution in [0.15, 0.2) is 83.3 Å². The molecule has 1 amide bonds. The van der Waals surface area contributed by atoms with Crippen LogP contribution in [-0.2, 0) is 22.7 Å². The van der Waals surface area contributed by atoms with Gasteiger partial charge in [0, 0.05) is 11.1 Å². The molecule has 0 radical (unpaired) electrons. The van der Waals surface area contributed by atoms with Gasteiger partial charge in [-0.2, -0.15) is 11.8 Å². The van der Waals surface area contributed by atoms with Crippen LogP contribution in [0, 0.1) is 6.92 Å². The summed E-state index contributed by atoms with van der Waals surface area (Å²) in [5.74, 6) is 1.20. The van der Waals surface area contributed by atoms with Gasteiger partial charge in [-0.15, -0.1) is 0 Å². The van der Waals surface area contributed by atoms with Gasteiger partial charge in [0.1, 0.15) is 24.2 Å². The van der Waals surface area contributed by atoms with Crippen LogP contribution in [0.4, 0.5) is 0 Å². The molecule has 4 rings (SSSR count). The standard InChI is InChI=1S/C34H37NO5S.Li.H/c1-22(2)25-10-12-26(13-11-25)32-16-14-27(40-32)21-39-20-24-9-15-29(30(19-24)28-8-6-5-7-23(28)3)33(36)35-31(34(37)38)17-18-41-4;;/h5-16,19,22,31H,17-18,20-21H2,1-4H3,(H,35,36)(H,37,38);;/q;+1;-1/t31-;;/m0../s1.